The number of rotatable bonds is 6. The number of aliphatic hydroxyl groups is 2. The van der Waals surface area contributed by atoms with Gasteiger partial charge in [-0.2, -0.15) is 5.10 Å². The number of aromatic nitrogens is 2. The van der Waals surface area contributed by atoms with Gasteiger partial charge in [-0.05, 0) is 30.7 Å². The summed E-state index contributed by atoms with van der Waals surface area (Å²) in [5, 5.41) is 26.8. The molecule has 3 rings (SSSR count). The molecule has 8 nitrogen and oxygen atoms in total. The molecule has 3 atom stereocenters. The molecule has 0 bridgehead atoms. The fourth-order valence-electron chi connectivity index (χ4n) is 2.84. The molecular formula is C19H22N4O4. The molecule has 0 fully saturated rings. The van der Waals surface area contributed by atoms with E-state index in [0.717, 1.165) is 11.3 Å². The van der Waals surface area contributed by atoms with E-state index in [1.807, 2.05) is 36.5 Å². The summed E-state index contributed by atoms with van der Waals surface area (Å²) in [6.07, 6.45) is 3.45. The lowest BCUT2D eigenvalue weighted by Crippen LogP contribution is -2.50. The summed E-state index contributed by atoms with van der Waals surface area (Å²) in [6.45, 7) is 2.48. The Balaban J connectivity index is 1.58. The number of hydrogen-bond acceptors (Lipinski definition) is 5. The fourth-order valence-corrected chi connectivity index (χ4v) is 2.84. The van der Waals surface area contributed by atoms with Gasteiger partial charge in [-0.15, -0.1) is 0 Å². The van der Waals surface area contributed by atoms with E-state index in [-0.39, 0.29) is 0 Å². The molecule has 0 aliphatic carbocycles. The van der Waals surface area contributed by atoms with Crippen molar-refractivity contribution in [3.63, 3.8) is 0 Å². The highest BCUT2D eigenvalue weighted by molar-refractivity contribution is 5.91. The quantitative estimate of drug-likeness (QED) is 0.629. The van der Waals surface area contributed by atoms with Gasteiger partial charge in [0.2, 0.25) is 0 Å². The highest BCUT2D eigenvalue weighted by atomic mass is 16.3. The average molecular weight is 370 g/mol. The van der Waals surface area contributed by atoms with Crippen molar-refractivity contribution in [1.82, 2.24) is 20.0 Å². The first kappa shape index (κ1) is 18.8. The van der Waals surface area contributed by atoms with Crippen molar-refractivity contribution in [3.05, 3.63) is 60.4 Å². The van der Waals surface area contributed by atoms with Gasteiger partial charge in [-0.25, -0.2) is 4.68 Å². The first-order chi connectivity index (χ1) is 13.0. The minimum Gasteiger partial charge on any atom is -0.380 e. The Hall–Kier alpha value is -2.97. The summed E-state index contributed by atoms with van der Waals surface area (Å²) in [4.78, 5) is 25.7. The largest absolute Gasteiger partial charge is 0.380 e. The highest BCUT2D eigenvalue weighted by Crippen LogP contribution is 2.16. The molecular weight excluding hydrogens is 348 g/mol. The van der Waals surface area contributed by atoms with Crippen LogP contribution in [0.3, 0.4) is 0 Å². The maximum Gasteiger partial charge on any atom is 0.255 e. The normalized spacial score (nSPS) is 16.8. The van der Waals surface area contributed by atoms with E-state index in [0.29, 0.717) is 13.1 Å². The van der Waals surface area contributed by atoms with Crippen LogP contribution in [-0.2, 0) is 9.59 Å². The summed E-state index contributed by atoms with van der Waals surface area (Å²) in [6, 6.07) is 8.82. The van der Waals surface area contributed by atoms with Gasteiger partial charge in [0.15, 0.2) is 12.2 Å². The van der Waals surface area contributed by atoms with Crippen LogP contribution in [0.15, 0.2) is 54.9 Å². The Morgan fingerprint density at radius 3 is 2.37 bits per heavy atom. The van der Waals surface area contributed by atoms with Crippen LogP contribution in [0.2, 0.25) is 0 Å². The van der Waals surface area contributed by atoms with Crippen molar-refractivity contribution in [2.75, 3.05) is 13.1 Å². The molecule has 27 heavy (non-hydrogen) atoms. The SMILES string of the molecule is C[C@@H](NC(=O)[C@H](O)[C@@H](O)C(=O)N1CC=CC1)c1ccc(-n2cccn2)cc1. The van der Waals surface area contributed by atoms with Gasteiger partial charge in [0.25, 0.3) is 11.8 Å². The van der Waals surface area contributed by atoms with E-state index in [1.165, 1.54) is 4.90 Å². The summed E-state index contributed by atoms with van der Waals surface area (Å²) < 4.78 is 1.71. The van der Waals surface area contributed by atoms with E-state index >= 15 is 0 Å². The molecule has 0 saturated carbocycles. The zero-order valence-corrected chi connectivity index (χ0v) is 14.9. The molecule has 0 spiro atoms. The third-order valence-electron chi connectivity index (χ3n) is 4.47. The Kier molecular flexibility index (Phi) is 5.68. The Morgan fingerprint density at radius 2 is 1.78 bits per heavy atom. The fraction of sp³-hybridized carbons (Fsp3) is 0.316. The first-order valence-corrected chi connectivity index (χ1v) is 8.67. The number of aliphatic hydroxyl groups excluding tert-OH is 2. The van der Waals surface area contributed by atoms with Gasteiger partial charge in [-0.1, -0.05) is 24.3 Å². The van der Waals surface area contributed by atoms with Crippen LogP contribution >= 0.6 is 0 Å². The van der Waals surface area contributed by atoms with Crippen molar-refractivity contribution in [2.24, 2.45) is 0 Å². The second-order valence-corrected chi connectivity index (χ2v) is 6.38. The topological polar surface area (TPSA) is 108 Å². The predicted octanol–water partition coefficient (Wildman–Crippen LogP) is 0.170. The van der Waals surface area contributed by atoms with E-state index < -0.39 is 30.1 Å². The van der Waals surface area contributed by atoms with Crippen LogP contribution in [0.5, 0.6) is 0 Å². The molecule has 2 heterocycles. The molecule has 2 amide bonds. The second kappa shape index (κ2) is 8.15. The van der Waals surface area contributed by atoms with Gasteiger partial charge >= 0.3 is 0 Å². The zero-order valence-electron chi connectivity index (χ0n) is 14.9. The maximum atomic E-state index is 12.2. The molecule has 1 aliphatic rings. The highest BCUT2D eigenvalue weighted by Gasteiger charge is 2.34. The van der Waals surface area contributed by atoms with Crippen LogP contribution in [0.1, 0.15) is 18.5 Å². The average Bonchev–Trinajstić information content (AvgIpc) is 3.40. The summed E-state index contributed by atoms with van der Waals surface area (Å²) >= 11 is 0. The lowest BCUT2D eigenvalue weighted by atomic mass is 10.1. The number of hydrogen-bond donors (Lipinski definition) is 3. The monoisotopic (exact) mass is 370 g/mol. The maximum absolute atomic E-state index is 12.2. The number of nitrogens with zero attached hydrogens (tertiary/aromatic N) is 3. The van der Waals surface area contributed by atoms with Gasteiger partial charge in [0.1, 0.15) is 0 Å². The van der Waals surface area contributed by atoms with Crippen LogP contribution in [-0.4, -0.2) is 62.0 Å². The van der Waals surface area contributed by atoms with Crippen LogP contribution in [0.4, 0.5) is 0 Å². The standard InChI is InChI=1S/C19H22N4O4/c1-13(14-5-7-15(8-6-14)23-12-4-9-20-23)21-18(26)16(24)17(25)19(27)22-10-2-3-11-22/h2-9,12-13,16-17,24-25H,10-11H2,1H3,(H,21,26)/t13-,16-,17-/m1/s1. The second-order valence-electron chi connectivity index (χ2n) is 6.38. The predicted molar refractivity (Wildman–Crippen MR) is 97.9 cm³/mol. The summed E-state index contributed by atoms with van der Waals surface area (Å²) in [5.41, 5.74) is 1.69. The number of carbonyl (C=O) groups excluding carboxylic acids is 2. The number of nitrogens with one attached hydrogen (secondary N) is 1. The van der Waals surface area contributed by atoms with E-state index in [4.69, 9.17) is 0 Å². The van der Waals surface area contributed by atoms with Gasteiger partial charge in [-0.3, -0.25) is 9.59 Å². The molecule has 1 aromatic heterocycles. The molecule has 1 aliphatic heterocycles. The molecule has 8 heteroatoms. The van der Waals surface area contributed by atoms with Crippen LogP contribution in [0, 0.1) is 0 Å². The lowest BCUT2D eigenvalue weighted by Gasteiger charge is -2.24. The smallest absolute Gasteiger partial charge is 0.255 e. The molecule has 0 radical (unpaired) electrons. The van der Waals surface area contributed by atoms with Gasteiger partial charge in [0.05, 0.1) is 11.7 Å². The van der Waals surface area contributed by atoms with E-state index in [9.17, 15) is 19.8 Å². The Labute approximate surface area is 156 Å². The van der Waals surface area contributed by atoms with Gasteiger partial charge in [0, 0.05) is 25.5 Å². The number of carbonyl (C=O) groups is 2. The summed E-state index contributed by atoms with van der Waals surface area (Å²) in [7, 11) is 0. The number of amides is 2. The summed E-state index contributed by atoms with van der Waals surface area (Å²) in [5.74, 6) is -1.47. The van der Waals surface area contributed by atoms with Crippen molar-refractivity contribution in [3.8, 4) is 5.69 Å². The lowest BCUT2D eigenvalue weighted by molar-refractivity contribution is -0.152. The molecule has 3 N–H and O–H groups in total. The van der Waals surface area contributed by atoms with E-state index in [1.54, 1.807) is 30.0 Å². The minimum atomic E-state index is -1.83. The molecule has 0 unspecified atom stereocenters. The molecule has 142 valence electrons. The van der Waals surface area contributed by atoms with E-state index in [2.05, 4.69) is 10.4 Å². The van der Waals surface area contributed by atoms with Crippen molar-refractivity contribution >= 4 is 11.8 Å². The zero-order chi connectivity index (χ0) is 19.4. The van der Waals surface area contributed by atoms with Crippen LogP contribution < -0.4 is 5.32 Å². The third-order valence-corrected chi connectivity index (χ3v) is 4.47. The molecule has 1 aromatic carbocycles. The number of benzene rings is 1. The van der Waals surface area contributed by atoms with Crippen molar-refractivity contribution in [1.29, 1.82) is 0 Å². The minimum absolute atomic E-state index is 0.364. The van der Waals surface area contributed by atoms with Crippen molar-refractivity contribution < 1.29 is 19.8 Å². The van der Waals surface area contributed by atoms with Gasteiger partial charge < -0.3 is 20.4 Å². The first-order valence-electron chi connectivity index (χ1n) is 8.67. The third kappa shape index (κ3) is 4.24. The molecule has 2 aromatic rings. The molecule has 0 saturated heterocycles. The Morgan fingerprint density at radius 1 is 1.11 bits per heavy atom. The Bertz CT molecular complexity index is 809. The van der Waals surface area contributed by atoms with Crippen molar-refractivity contribution in [2.45, 2.75) is 25.2 Å². The van der Waals surface area contributed by atoms with Crippen LogP contribution in [0.25, 0.3) is 5.69 Å².